The second-order valence-electron chi connectivity index (χ2n) is 6.36. The highest BCUT2D eigenvalue weighted by Crippen LogP contribution is 2.37. The zero-order valence-corrected chi connectivity index (χ0v) is 14.1. The zero-order valence-electron chi connectivity index (χ0n) is 13.2. The molecule has 2 aromatic rings. The van der Waals surface area contributed by atoms with Gasteiger partial charge in [0.25, 0.3) is 0 Å². The number of hydrogen-bond acceptors (Lipinski definition) is 7. The van der Waals surface area contributed by atoms with Crippen LogP contribution in [0.25, 0.3) is 0 Å². The lowest BCUT2D eigenvalue weighted by molar-refractivity contribution is -0.0662. The van der Waals surface area contributed by atoms with Gasteiger partial charge in [0.15, 0.2) is 0 Å². The Labute approximate surface area is 139 Å². The largest absolute Gasteiger partial charge is 0.373 e. The van der Waals surface area contributed by atoms with Crippen molar-refractivity contribution in [2.24, 2.45) is 0 Å². The molecule has 2 aromatic heterocycles. The van der Waals surface area contributed by atoms with E-state index in [4.69, 9.17) is 4.74 Å². The minimum absolute atomic E-state index is 0.0652. The average molecular weight is 331 g/mol. The SMILES string of the molecule is Cc1nnc(N2CC[C@@]3(C[C@H](Nc4ccccn4)CCO3)C2)s1. The molecule has 0 unspecified atom stereocenters. The maximum atomic E-state index is 6.21. The van der Waals surface area contributed by atoms with Crippen molar-refractivity contribution in [1.82, 2.24) is 15.2 Å². The van der Waals surface area contributed by atoms with Crippen LogP contribution in [-0.2, 0) is 4.74 Å². The summed E-state index contributed by atoms with van der Waals surface area (Å²) in [6.07, 6.45) is 4.91. The summed E-state index contributed by atoms with van der Waals surface area (Å²) in [7, 11) is 0. The number of nitrogens with zero attached hydrogens (tertiary/aromatic N) is 4. The summed E-state index contributed by atoms with van der Waals surface area (Å²) >= 11 is 1.66. The second-order valence-corrected chi connectivity index (χ2v) is 7.52. The van der Waals surface area contributed by atoms with Crippen LogP contribution in [0.2, 0.25) is 0 Å². The molecule has 2 atom stereocenters. The van der Waals surface area contributed by atoms with Gasteiger partial charge < -0.3 is 15.0 Å². The van der Waals surface area contributed by atoms with Crippen molar-refractivity contribution in [1.29, 1.82) is 0 Å². The maximum absolute atomic E-state index is 6.21. The molecule has 0 saturated carbocycles. The summed E-state index contributed by atoms with van der Waals surface area (Å²) in [5, 5.41) is 14.0. The van der Waals surface area contributed by atoms with E-state index >= 15 is 0 Å². The van der Waals surface area contributed by atoms with Crippen LogP contribution < -0.4 is 10.2 Å². The zero-order chi connectivity index (χ0) is 15.7. The Morgan fingerprint density at radius 3 is 3.13 bits per heavy atom. The Hall–Kier alpha value is -1.73. The lowest BCUT2D eigenvalue weighted by atomic mass is 9.89. The Bertz CT molecular complexity index is 664. The average Bonchev–Trinajstić information content (AvgIpc) is 3.15. The molecule has 4 heterocycles. The van der Waals surface area contributed by atoms with Gasteiger partial charge in [-0.2, -0.15) is 0 Å². The molecule has 1 N–H and O–H groups in total. The predicted molar refractivity (Wildman–Crippen MR) is 91.0 cm³/mol. The Morgan fingerprint density at radius 1 is 1.39 bits per heavy atom. The number of ether oxygens (including phenoxy) is 1. The van der Waals surface area contributed by atoms with Crippen LogP contribution in [0.3, 0.4) is 0 Å². The number of hydrogen-bond donors (Lipinski definition) is 1. The van der Waals surface area contributed by atoms with E-state index in [0.717, 1.165) is 54.9 Å². The highest BCUT2D eigenvalue weighted by atomic mass is 32.1. The van der Waals surface area contributed by atoms with E-state index in [-0.39, 0.29) is 5.60 Å². The Balaban J connectivity index is 1.43. The monoisotopic (exact) mass is 331 g/mol. The fourth-order valence-electron chi connectivity index (χ4n) is 3.51. The van der Waals surface area contributed by atoms with Gasteiger partial charge in [-0.05, 0) is 38.3 Å². The summed E-state index contributed by atoms with van der Waals surface area (Å²) in [5.41, 5.74) is -0.0652. The molecule has 2 saturated heterocycles. The summed E-state index contributed by atoms with van der Waals surface area (Å²) in [5.74, 6) is 0.948. The van der Waals surface area contributed by atoms with Crippen LogP contribution >= 0.6 is 11.3 Å². The summed E-state index contributed by atoms with van der Waals surface area (Å²) in [4.78, 5) is 6.69. The molecule has 0 radical (unpaired) electrons. The van der Waals surface area contributed by atoms with E-state index in [1.165, 1.54) is 0 Å². The first kappa shape index (κ1) is 14.8. The molecule has 23 heavy (non-hydrogen) atoms. The number of rotatable bonds is 3. The molecule has 0 bridgehead atoms. The van der Waals surface area contributed by atoms with Crippen LogP contribution in [-0.4, -0.2) is 46.5 Å². The fraction of sp³-hybridized carbons (Fsp3) is 0.562. The topological polar surface area (TPSA) is 63.2 Å². The van der Waals surface area contributed by atoms with Crippen molar-refractivity contribution in [2.75, 3.05) is 29.9 Å². The van der Waals surface area contributed by atoms with Gasteiger partial charge in [-0.25, -0.2) is 4.98 Å². The maximum Gasteiger partial charge on any atom is 0.208 e. The summed E-state index contributed by atoms with van der Waals surface area (Å²) in [6.45, 7) is 4.69. The first-order chi connectivity index (χ1) is 11.2. The third kappa shape index (κ3) is 3.16. The van der Waals surface area contributed by atoms with Gasteiger partial charge in [0.05, 0.1) is 5.60 Å². The first-order valence-electron chi connectivity index (χ1n) is 8.09. The molecule has 4 rings (SSSR count). The predicted octanol–water partition coefficient (Wildman–Crippen LogP) is 2.48. The van der Waals surface area contributed by atoms with Gasteiger partial charge in [-0.15, -0.1) is 10.2 Å². The van der Waals surface area contributed by atoms with Crippen molar-refractivity contribution >= 4 is 22.3 Å². The Kier molecular flexibility index (Phi) is 3.90. The molecule has 2 aliphatic heterocycles. The first-order valence-corrected chi connectivity index (χ1v) is 8.91. The molecule has 6 nitrogen and oxygen atoms in total. The molecule has 0 amide bonds. The van der Waals surface area contributed by atoms with Crippen molar-refractivity contribution in [3.63, 3.8) is 0 Å². The van der Waals surface area contributed by atoms with Crippen LogP contribution in [0.1, 0.15) is 24.3 Å². The molecule has 7 heteroatoms. The molecule has 2 fully saturated rings. The van der Waals surface area contributed by atoms with Crippen molar-refractivity contribution in [3.05, 3.63) is 29.4 Å². The minimum atomic E-state index is -0.0652. The Morgan fingerprint density at radius 2 is 2.35 bits per heavy atom. The molecule has 1 spiro atoms. The molecule has 122 valence electrons. The highest BCUT2D eigenvalue weighted by Gasteiger charge is 2.44. The third-order valence-electron chi connectivity index (χ3n) is 4.61. The van der Waals surface area contributed by atoms with E-state index in [2.05, 4.69) is 25.4 Å². The smallest absolute Gasteiger partial charge is 0.208 e. The van der Waals surface area contributed by atoms with Crippen molar-refractivity contribution in [2.45, 2.75) is 37.8 Å². The number of anilines is 2. The molecule has 0 aliphatic carbocycles. The van der Waals surface area contributed by atoms with Crippen LogP contribution in [0, 0.1) is 6.92 Å². The highest BCUT2D eigenvalue weighted by molar-refractivity contribution is 7.15. The van der Waals surface area contributed by atoms with Crippen LogP contribution in [0.15, 0.2) is 24.4 Å². The van der Waals surface area contributed by atoms with Crippen molar-refractivity contribution in [3.8, 4) is 0 Å². The van der Waals surface area contributed by atoms with Gasteiger partial charge >= 0.3 is 0 Å². The van der Waals surface area contributed by atoms with E-state index in [0.29, 0.717) is 6.04 Å². The number of nitrogens with one attached hydrogen (secondary N) is 1. The number of aryl methyl sites for hydroxylation is 1. The minimum Gasteiger partial charge on any atom is -0.373 e. The normalized spacial score (nSPS) is 27.5. The van der Waals surface area contributed by atoms with Gasteiger partial charge in [-0.3, -0.25) is 0 Å². The van der Waals surface area contributed by atoms with Gasteiger partial charge in [0.2, 0.25) is 5.13 Å². The lowest BCUT2D eigenvalue weighted by Gasteiger charge is -2.38. The lowest BCUT2D eigenvalue weighted by Crippen LogP contribution is -2.46. The summed E-state index contributed by atoms with van der Waals surface area (Å²) in [6, 6.07) is 6.39. The van der Waals surface area contributed by atoms with E-state index < -0.39 is 0 Å². The van der Waals surface area contributed by atoms with Crippen LogP contribution in [0.5, 0.6) is 0 Å². The van der Waals surface area contributed by atoms with E-state index in [1.54, 1.807) is 11.3 Å². The number of pyridine rings is 1. The molecule has 0 aromatic carbocycles. The van der Waals surface area contributed by atoms with Crippen LogP contribution in [0.4, 0.5) is 10.9 Å². The standard InChI is InChI=1S/C16H21N5OS/c1-12-19-20-15(23-12)21-8-6-16(11-21)10-13(5-9-22-16)18-14-4-2-3-7-17-14/h2-4,7,13H,5-6,8-11H2,1H3,(H,17,18)/t13-,16-/m1/s1. The molecular formula is C16H21N5OS. The van der Waals surface area contributed by atoms with Gasteiger partial charge in [-0.1, -0.05) is 17.4 Å². The van der Waals surface area contributed by atoms with E-state index in [9.17, 15) is 0 Å². The molecular weight excluding hydrogens is 310 g/mol. The molecule has 2 aliphatic rings. The van der Waals surface area contributed by atoms with Gasteiger partial charge in [0, 0.05) is 31.9 Å². The van der Waals surface area contributed by atoms with Gasteiger partial charge in [0.1, 0.15) is 10.8 Å². The third-order valence-corrected chi connectivity index (χ3v) is 5.51. The quantitative estimate of drug-likeness (QED) is 0.932. The van der Waals surface area contributed by atoms with Crippen molar-refractivity contribution < 1.29 is 4.74 Å². The second kappa shape index (κ2) is 6.05. The summed E-state index contributed by atoms with van der Waals surface area (Å²) < 4.78 is 6.21. The van der Waals surface area contributed by atoms with E-state index in [1.807, 2.05) is 31.3 Å². The number of aromatic nitrogens is 3. The fourth-order valence-corrected chi connectivity index (χ4v) is 4.23.